The molecule has 1 aliphatic carbocycles. The Hall–Kier alpha value is -0.570. The predicted molar refractivity (Wildman–Crippen MR) is 74.3 cm³/mol. The van der Waals surface area contributed by atoms with Crippen molar-refractivity contribution in [2.75, 3.05) is 19.6 Å². The Morgan fingerprint density at radius 1 is 1.22 bits per heavy atom. The van der Waals surface area contributed by atoms with E-state index in [1.807, 2.05) is 0 Å². The van der Waals surface area contributed by atoms with Crippen LogP contribution in [0.25, 0.3) is 0 Å². The molecule has 1 saturated carbocycles. The first-order valence-electron chi connectivity index (χ1n) is 7.73. The topological polar surface area (TPSA) is 41.1 Å². The largest absolute Gasteiger partial charge is 0.356 e. The second-order valence-corrected chi connectivity index (χ2v) is 6.20. The molecule has 2 aliphatic rings. The molecule has 3 heteroatoms. The molecule has 0 radical (unpaired) electrons. The number of hydrogen-bond donors (Lipinski definition) is 2. The number of nitrogens with one attached hydrogen (secondary N) is 2. The van der Waals surface area contributed by atoms with Crippen molar-refractivity contribution in [1.82, 2.24) is 10.6 Å². The Labute approximate surface area is 111 Å². The van der Waals surface area contributed by atoms with Crippen molar-refractivity contribution >= 4 is 5.91 Å². The van der Waals surface area contributed by atoms with Gasteiger partial charge in [0, 0.05) is 13.0 Å². The molecular weight excluding hydrogens is 224 g/mol. The summed E-state index contributed by atoms with van der Waals surface area (Å²) < 4.78 is 0. The van der Waals surface area contributed by atoms with Crippen molar-refractivity contribution < 1.29 is 4.79 Å². The van der Waals surface area contributed by atoms with Crippen LogP contribution in [0.5, 0.6) is 0 Å². The SMILES string of the molecule is CC1CCCC1CNC(=O)CCC1CCNCC1. The monoisotopic (exact) mass is 252 g/mol. The highest BCUT2D eigenvalue weighted by Crippen LogP contribution is 2.30. The van der Waals surface area contributed by atoms with E-state index in [1.165, 1.54) is 32.1 Å². The van der Waals surface area contributed by atoms with Crippen LogP contribution in [-0.4, -0.2) is 25.5 Å². The van der Waals surface area contributed by atoms with Gasteiger partial charge in [-0.1, -0.05) is 19.8 Å². The molecule has 104 valence electrons. The molecule has 0 aromatic rings. The Kier molecular flexibility index (Phi) is 5.48. The lowest BCUT2D eigenvalue weighted by atomic mass is 9.93. The molecule has 1 amide bonds. The number of amides is 1. The van der Waals surface area contributed by atoms with Crippen LogP contribution in [0.3, 0.4) is 0 Å². The summed E-state index contributed by atoms with van der Waals surface area (Å²) in [4.78, 5) is 11.8. The molecule has 0 aromatic carbocycles. The molecule has 2 atom stereocenters. The number of piperidine rings is 1. The smallest absolute Gasteiger partial charge is 0.220 e. The van der Waals surface area contributed by atoms with Gasteiger partial charge in [0.1, 0.15) is 0 Å². The molecule has 1 heterocycles. The highest BCUT2D eigenvalue weighted by atomic mass is 16.1. The molecular formula is C15H28N2O. The first-order chi connectivity index (χ1) is 8.75. The maximum absolute atomic E-state index is 11.8. The van der Waals surface area contributed by atoms with Crippen LogP contribution in [0.15, 0.2) is 0 Å². The van der Waals surface area contributed by atoms with Gasteiger partial charge in [0.15, 0.2) is 0 Å². The fourth-order valence-corrected chi connectivity index (χ4v) is 3.36. The van der Waals surface area contributed by atoms with Gasteiger partial charge in [-0.05, 0) is 56.5 Å². The number of carbonyl (C=O) groups is 1. The summed E-state index contributed by atoms with van der Waals surface area (Å²) in [7, 11) is 0. The van der Waals surface area contributed by atoms with E-state index in [4.69, 9.17) is 0 Å². The minimum atomic E-state index is 0.271. The molecule has 2 unspecified atom stereocenters. The highest BCUT2D eigenvalue weighted by molar-refractivity contribution is 5.75. The van der Waals surface area contributed by atoms with E-state index in [1.54, 1.807) is 0 Å². The Morgan fingerprint density at radius 3 is 2.67 bits per heavy atom. The Balaban J connectivity index is 1.57. The van der Waals surface area contributed by atoms with E-state index < -0.39 is 0 Å². The van der Waals surface area contributed by atoms with Crippen molar-refractivity contribution in [3.05, 3.63) is 0 Å². The van der Waals surface area contributed by atoms with Gasteiger partial charge in [0.2, 0.25) is 5.91 Å². The quantitative estimate of drug-likeness (QED) is 0.788. The lowest BCUT2D eigenvalue weighted by Crippen LogP contribution is -2.32. The summed E-state index contributed by atoms with van der Waals surface area (Å²) in [5.41, 5.74) is 0. The van der Waals surface area contributed by atoms with E-state index in [0.717, 1.165) is 50.2 Å². The molecule has 1 saturated heterocycles. The van der Waals surface area contributed by atoms with Gasteiger partial charge < -0.3 is 10.6 Å². The van der Waals surface area contributed by atoms with Gasteiger partial charge in [-0.3, -0.25) is 4.79 Å². The fraction of sp³-hybridized carbons (Fsp3) is 0.933. The second-order valence-electron chi connectivity index (χ2n) is 6.20. The summed E-state index contributed by atoms with van der Waals surface area (Å²) in [5.74, 6) is 2.57. The van der Waals surface area contributed by atoms with Gasteiger partial charge in [-0.25, -0.2) is 0 Å². The van der Waals surface area contributed by atoms with Crippen molar-refractivity contribution in [2.45, 2.75) is 51.9 Å². The zero-order chi connectivity index (χ0) is 12.8. The van der Waals surface area contributed by atoms with Gasteiger partial charge in [0.25, 0.3) is 0 Å². The van der Waals surface area contributed by atoms with Crippen LogP contribution in [0, 0.1) is 17.8 Å². The summed E-state index contributed by atoms with van der Waals surface area (Å²) in [6.45, 7) is 5.49. The first-order valence-corrected chi connectivity index (χ1v) is 7.73. The third-order valence-electron chi connectivity index (χ3n) is 4.84. The molecule has 1 aliphatic heterocycles. The molecule has 2 rings (SSSR count). The van der Waals surface area contributed by atoms with E-state index in [2.05, 4.69) is 17.6 Å². The van der Waals surface area contributed by atoms with Gasteiger partial charge >= 0.3 is 0 Å². The van der Waals surface area contributed by atoms with Crippen molar-refractivity contribution in [2.24, 2.45) is 17.8 Å². The van der Waals surface area contributed by atoms with E-state index >= 15 is 0 Å². The lowest BCUT2D eigenvalue weighted by Gasteiger charge is -2.22. The summed E-state index contributed by atoms with van der Waals surface area (Å²) in [5, 5.41) is 6.51. The standard InChI is InChI=1S/C15H28N2O/c1-12-3-2-4-14(12)11-17-15(18)6-5-13-7-9-16-10-8-13/h12-14,16H,2-11H2,1H3,(H,17,18). The van der Waals surface area contributed by atoms with E-state index in [0.29, 0.717) is 0 Å². The van der Waals surface area contributed by atoms with Gasteiger partial charge in [0.05, 0.1) is 0 Å². The number of hydrogen-bond acceptors (Lipinski definition) is 2. The maximum atomic E-state index is 11.8. The zero-order valence-corrected chi connectivity index (χ0v) is 11.7. The summed E-state index contributed by atoms with van der Waals surface area (Å²) >= 11 is 0. The molecule has 3 nitrogen and oxygen atoms in total. The Bertz CT molecular complexity index is 261. The third-order valence-corrected chi connectivity index (χ3v) is 4.84. The van der Waals surface area contributed by atoms with Crippen LogP contribution in [0.1, 0.15) is 51.9 Å². The molecule has 0 bridgehead atoms. The fourth-order valence-electron chi connectivity index (χ4n) is 3.36. The first kappa shape index (κ1) is 13.9. The minimum Gasteiger partial charge on any atom is -0.356 e. The summed E-state index contributed by atoms with van der Waals surface area (Å²) in [6.07, 6.45) is 8.28. The Morgan fingerprint density at radius 2 is 2.00 bits per heavy atom. The van der Waals surface area contributed by atoms with Gasteiger partial charge in [-0.2, -0.15) is 0 Å². The molecule has 18 heavy (non-hydrogen) atoms. The average molecular weight is 252 g/mol. The van der Waals surface area contributed by atoms with Crippen molar-refractivity contribution in [3.63, 3.8) is 0 Å². The van der Waals surface area contributed by atoms with E-state index in [-0.39, 0.29) is 5.91 Å². The van der Waals surface area contributed by atoms with Crippen molar-refractivity contribution in [3.8, 4) is 0 Å². The minimum absolute atomic E-state index is 0.271. The van der Waals surface area contributed by atoms with Crippen LogP contribution in [0.4, 0.5) is 0 Å². The molecule has 0 aromatic heterocycles. The van der Waals surface area contributed by atoms with Crippen LogP contribution >= 0.6 is 0 Å². The molecule has 2 N–H and O–H groups in total. The molecule has 2 fully saturated rings. The zero-order valence-electron chi connectivity index (χ0n) is 11.7. The van der Waals surface area contributed by atoms with Crippen LogP contribution in [-0.2, 0) is 4.79 Å². The van der Waals surface area contributed by atoms with Crippen LogP contribution < -0.4 is 10.6 Å². The third kappa shape index (κ3) is 4.27. The summed E-state index contributed by atoms with van der Waals surface area (Å²) in [6, 6.07) is 0. The van der Waals surface area contributed by atoms with E-state index in [9.17, 15) is 4.79 Å². The average Bonchev–Trinajstić information content (AvgIpc) is 2.81. The number of rotatable bonds is 5. The predicted octanol–water partition coefficient (Wildman–Crippen LogP) is 2.32. The molecule has 0 spiro atoms. The second kappa shape index (κ2) is 7.13. The van der Waals surface area contributed by atoms with Crippen LogP contribution in [0.2, 0.25) is 0 Å². The van der Waals surface area contributed by atoms with Gasteiger partial charge in [-0.15, -0.1) is 0 Å². The number of carbonyl (C=O) groups excluding carboxylic acids is 1. The van der Waals surface area contributed by atoms with Crippen molar-refractivity contribution in [1.29, 1.82) is 0 Å². The highest BCUT2D eigenvalue weighted by Gasteiger charge is 2.23. The lowest BCUT2D eigenvalue weighted by molar-refractivity contribution is -0.121. The normalized spacial score (nSPS) is 29.4. The maximum Gasteiger partial charge on any atom is 0.220 e.